The molecule has 0 radical (unpaired) electrons. The smallest absolute Gasteiger partial charge is 0.236 e. The number of carbonyl (C=O) groups excluding carboxylic acids is 2. The van der Waals surface area contributed by atoms with Crippen molar-refractivity contribution in [3.8, 4) is 0 Å². The standard InChI is InChI=1S/C10H19N3O2/c1-7(12-10(15)8(2)11)6-13-5-3-4-9(13)14/h7-8H,3-6,11H2,1-2H3,(H,12,15)/t7?,8-/m0/s1. The molecule has 0 aliphatic carbocycles. The summed E-state index contributed by atoms with van der Waals surface area (Å²) in [4.78, 5) is 24.4. The third-order valence-corrected chi connectivity index (χ3v) is 2.47. The number of likely N-dealkylation sites (tertiary alicyclic amines) is 1. The molecule has 0 spiro atoms. The molecule has 1 aliphatic heterocycles. The second kappa shape index (κ2) is 5.11. The number of nitrogens with one attached hydrogen (secondary N) is 1. The Morgan fingerprint density at radius 3 is 2.73 bits per heavy atom. The third-order valence-electron chi connectivity index (χ3n) is 2.47. The first-order valence-electron chi connectivity index (χ1n) is 5.34. The number of amides is 2. The van der Waals surface area contributed by atoms with Crippen molar-refractivity contribution in [2.75, 3.05) is 13.1 Å². The van der Waals surface area contributed by atoms with Gasteiger partial charge in [-0.1, -0.05) is 0 Å². The lowest BCUT2D eigenvalue weighted by molar-refractivity contribution is -0.129. The molecule has 0 saturated carbocycles. The molecular weight excluding hydrogens is 194 g/mol. The van der Waals surface area contributed by atoms with Gasteiger partial charge in [0.15, 0.2) is 0 Å². The maximum Gasteiger partial charge on any atom is 0.236 e. The number of rotatable bonds is 4. The molecule has 3 N–H and O–H groups in total. The van der Waals surface area contributed by atoms with E-state index in [2.05, 4.69) is 5.32 Å². The van der Waals surface area contributed by atoms with Gasteiger partial charge in [0.05, 0.1) is 6.04 Å². The minimum atomic E-state index is -0.498. The molecule has 86 valence electrons. The Hall–Kier alpha value is -1.10. The monoisotopic (exact) mass is 213 g/mol. The highest BCUT2D eigenvalue weighted by Crippen LogP contribution is 2.09. The molecule has 0 aromatic carbocycles. The van der Waals surface area contributed by atoms with Crippen molar-refractivity contribution in [2.24, 2.45) is 5.73 Å². The summed E-state index contributed by atoms with van der Waals surface area (Å²) in [6, 6.07) is -0.535. The molecule has 0 aromatic heterocycles. The fourth-order valence-corrected chi connectivity index (χ4v) is 1.65. The number of hydrogen-bond acceptors (Lipinski definition) is 3. The Balaban J connectivity index is 2.32. The van der Waals surface area contributed by atoms with Gasteiger partial charge in [-0.05, 0) is 20.3 Å². The Morgan fingerprint density at radius 2 is 2.27 bits per heavy atom. The minimum absolute atomic E-state index is 0.0365. The lowest BCUT2D eigenvalue weighted by Gasteiger charge is -2.22. The van der Waals surface area contributed by atoms with Crippen LogP contribution in [0.3, 0.4) is 0 Å². The summed E-state index contributed by atoms with van der Waals surface area (Å²) in [6.07, 6.45) is 1.56. The van der Waals surface area contributed by atoms with Crippen LogP contribution in [0.15, 0.2) is 0 Å². The van der Waals surface area contributed by atoms with E-state index < -0.39 is 6.04 Å². The van der Waals surface area contributed by atoms with Gasteiger partial charge in [0.2, 0.25) is 11.8 Å². The van der Waals surface area contributed by atoms with Crippen molar-refractivity contribution in [2.45, 2.75) is 38.8 Å². The number of carbonyl (C=O) groups is 2. The van der Waals surface area contributed by atoms with E-state index in [4.69, 9.17) is 5.73 Å². The normalized spacial score (nSPS) is 20.2. The second-order valence-electron chi connectivity index (χ2n) is 4.14. The molecule has 5 nitrogen and oxygen atoms in total. The minimum Gasteiger partial charge on any atom is -0.351 e. The van der Waals surface area contributed by atoms with E-state index in [1.165, 1.54) is 0 Å². The van der Waals surface area contributed by atoms with E-state index in [9.17, 15) is 9.59 Å². The Labute approximate surface area is 90.0 Å². The first-order chi connectivity index (χ1) is 7.00. The Kier molecular flexibility index (Phi) is 4.08. The zero-order chi connectivity index (χ0) is 11.4. The summed E-state index contributed by atoms with van der Waals surface area (Å²) >= 11 is 0. The molecule has 0 aromatic rings. The maximum atomic E-state index is 11.3. The van der Waals surface area contributed by atoms with Gasteiger partial charge in [0.1, 0.15) is 0 Å². The largest absolute Gasteiger partial charge is 0.351 e. The predicted octanol–water partition coefficient (Wildman–Crippen LogP) is -0.539. The van der Waals surface area contributed by atoms with Gasteiger partial charge in [0.25, 0.3) is 0 Å². The van der Waals surface area contributed by atoms with Crippen LogP contribution in [0, 0.1) is 0 Å². The van der Waals surface area contributed by atoms with Crippen LogP contribution < -0.4 is 11.1 Å². The van der Waals surface area contributed by atoms with Crippen molar-refractivity contribution in [1.29, 1.82) is 0 Å². The summed E-state index contributed by atoms with van der Waals surface area (Å²) in [5.41, 5.74) is 5.43. The second-order valence-corrected chi connectivity index (χ2v) is 4.14. The summed E-state index contributed by atoms with van der Waals surface area (Å²) in [6.45, 7) is 4.91. The zero-order valence-electron chi connectivity index (χ0n) is 9.32. The average Bonchev–Trinajstić information content (AvgIpc) is 2.51. The van der Waals surface area contributed by atoms with Crippen molar-refractivity contribution in [1.82, 2.24) is 10.2 Å². The van der Waals surface area contributed by atoms with Crippen LogP contribution in [0.2, 0.25) is 0 Å². The van der Waals surface area contributed by atoms with Gasteiger partial charge in [-0.2, -0.15) is 0 Å². The molecule has 1 heterocycles. The van der Waals surface area contributed by atoms with Gasteiger partial charge >= 0.3 is 0 Å². The van der Waals surface area contributed by atoms with Crippen LogP contribution in [0.5, 0.6) is 0 Å². The van der Waals surface area contributed by atoms with E-state index in [1.54, 1.807) is 11.8 Å². The van der Waals surface area contributed by atoms with E-state index in [0.29, 0.717) is 13.0 Å². The van der Waals surface area contributed by atoms with Gasteiger partial charge in [0, 0.05) is 25.6 Å². The molecule has 1 unspecified atom stereocenters. The number of hydrogen-bond donors (Lipinski definition) is 2. The number of nitrogens with two attached hydrogens (primary N) is 1. The molecule has 2 amide bonds. The first-order valence-corrected chi connectivity index (χ1v) is 5.34. The lowest BCUT2D eigenvalue weighted by Crippen LogP contribution is -2.47. The van der Waals surface area contributed by atoms with Crippen LogP contribution in [0.25, 0.3) is 0 Å². The highest BCUT2D eigenvalue weighted by molar-refractivity contribution is 5.81. The molecule has 1 saturated heterocycles. The van der Waals surface area contributed by atoms with E-state index in [-0.39, 0.29) is 17.9 Å². The molecule has 0 bridgehead atoms. The van der Waals surface area contributed by atoms with E-state index in [1.807, 2.05) is 6.92 Å². The molecule has 1 rings (SSSR count). The van der Waals surface area contributed by atoms with Crippen LogP contribution in [0.1, 0.15) is 26.7 Å². The molecule has 1 aliphatic rings. The summed E-state index contributed by atoms with van der Waals surface area (Å²) in [5.74, 6) is 0.00559. The fraction of sp³-hybridized carbons (Fsp3) is 0.800. The van der Waals surface area contributed by atoms with Gasteiger partial charge in [-0.15, -0.1) is 0 Å². The van der Waals surface area contributed by atoms with Crippen LogP contribution >= 0.6 is 0 Å². The average molecular weight is 213 g/mol. The Morgan fingerprint density at radius 1 is 1.60 bits per heavy atom. The highest BCUT2D eigenvalue weighted by atomic mass is 16.2. The summed E-state index contributed by atoms with van der Waals surface area (Å²) in [7, 11) is 0. The predicted molar refractivity (Wildman–Crippen MR) is 57.1 cm³/mol. The van der Waals surface area contributed by atoms with Crippen LogP contribution in [-0.2, 0) is 9.59 Å². The quantitative estimate of drug-likeness (QED) is 0.658. The topological polar surface area (TPSA) is 75.4 Å². The third kappa shape index (κ3) is 3.51. The molecule has 15 heavy (non-hydrogen) atoms. The summed E-state index contributed by atoms with van der Waals surface area (Å²) < 4.78 is 0. The van der Waals surface area contributed by atoms with Crippen molar-refractivity contribution >= 4 is 11.8 Å². The number of nitrogens with zero attached hydrogens (tertiary/aromatic N) is 1. The molecular formula is C10H19N3O2. The molecule has 2 atom stereocenters. The van der Waals surface area contributed by atoms with Gasteiger partial charge < -0.3 is 16.0 Å². The lowest BCUT2D eigenvalue weighted by atomic mass is 10.2. The maximum absolute atomic E-state index is 11.3. The molecule has 5 heteroatoms. The van der Waals surface area contributed by atoms with Crippen molar-refractivity contribution < 1.29 is 9.59 Å². The van der Waals surface area contributed by atoms with Crippen molar-refractivity contribution in [3.05, 3.63) is 0 Å². The fourth-order valence-electron chi connectivity index (χ4n) is 1.65. The van der Waals surface area contributed by atoms with Crippen LogP contribution in [-0.4, -0.2) is 41.9 Å². The SMILES string of the molecule is CC(CN1CCCC1=O)NC(=O)[C@H](C)N. The zero-order valence-corrected chi connectivity index (χ0v) is 9.32. The highest BCUT2D eigenvalue weighted by Gasteiger charge is 2.22. The van der Waals surface area contributed by atoms with Crippen molar-refractivity contribution in [3.63, 3.8) is 0 Å². The van der Waals surface area contributed by atoms with E-state index in [0.717, 1.165) is 13.0 Å². The van der Waals surface area contributed by atoms with Crippen LogP contribution in [0.4, 0.5) is 0 Å². The van der Waals surface area contributed by atoms with E-state index >= 15 is 0 Å². The summed E-state index contributed by atoms with van der Waals surface area (Å²) in [5, 5.41) is 2.77. The first kappa shape index (κ1) is 12.0. The van der Waals surface area contributed by atoms with Gasteiger partial charge in [-0.3, -0.25) is 9.59 Å². The molecule has 1 fully saturated rings. The van der Waals surface area contributed by atoms with Gasteiger partial charge in [-0.25, -0.2) is 0 Å². The Bertz CT molecular complexity index is 253.